The Labute approximate surface area is 60.3 Å². The summed E-state index contributed by atoms with van der Waals surface area (Å²) in [6.45, 7) is 1.96. The largest absolute Gasteiger partial charge is 0.434 e. The Kier molecular flexibility index (Phi) is 5.41. The summed E-state index contributed by atoms with van der Waals surface area (Å²) in [7, 11) is 0. The van der Waals surface area contributed by atoms with E-state index in [1.54, 1.807) is 6.08 Å². The predicted molar refractivity (Wildman–Crippen MR) is 38.0 cm³/mol. The van der Waals surface area contributed by atoms with Crippen molar-refractivity contribution in [3.8, 4) is 0 Å². The van der Waals surface area contributed by atoms with Gasteiger partial charge in [-0.1, -0.05) is 19.6 Å². The summed E-state index contributed by atoms with van der Waals surface area (Å²) >= 11 is 4.42. The average molecular weight is 145 g/mol. The fourth-order valence-corrected chi connectivity index (χ4v) is 0.322. The van der Waals surface area contributed by atoms with Gasteiger partial charge in [-0.05, 0) is 12.5 Å². The predicted octanol–water partition coefficient (Wildman–Crippen LogP) is 1.65. The molecule has 0 fully saturated rings. The van der Waals surface area contributed by atoms with Crippen LogP contribution in [0.5, 0.6) is 0 Å². The number of rotatable bonds is 3. The van der Waals surface area contributed by atoms with Gasteiger partial charge in [-0.3, -0.25) is 4.79 Å². The minimum atomic E-state index is -0.366. The third-order valence-corrected chi connectivity index (χ3v) is 0.885. The number of esters is 1. The smallest absolute Gasteiger partial charge is 0.321 e. The van der Waals surface area contributed by atoms with Gasteiger partial charge in [0.25, 0.3) is 0 Å². The van der Waals surface area contributed by atoms with Gasteiger partial charge in [0, 0.05) is 0 Å². The number of allylic oxidation sites excluding steroid dienone is 1. The Hall–Kier alpha value is -0.440. The Morgan fingerprint density at radius 2 is 2.44 bits per heavy atom. The summed E-state index contributed by atoms with van der Waals surface area (Å²) in [4.78, 5) is 10.3. The van der Waals surface area contributed by atoms with E-state index in [9.17, 15) is 4.79 Å². The molecule has 3 heteroatoms. The Morgan fingerprint density at radius 1 is 1.78 bits per heavy atom. The zero-order chi connectivity index (χ0) is 7.11. The third kappa shape index (κ3) is 5.43. The standard InChI is InChI=1S/C6H9O2S/c1-2-3-4-8-6(7)5-9/h3-4H,2,5H2,1H3/b4-3+. The number of carbonyl (C=O) groups excluding carboxylic acids is 1. The van der Waals surface area contributed by atoms with Gasteiger partial charge in [-0.25, -0.2) is 0 Å². The molecule has 0 heterocycles. The van der Waals surface area contributed by atoms with Crippen molar-refractivity contribution in [2.75, 3.05) is 5.75 Å². The Morgan fingerprint density at radius 3 is 2.89 bits per heavy atom. The van der Waals surface area contributed by atoms with Crippen molar-refractivity contribution in [2.45, 2.75) is 13.3 Å². The van der Waals surface area contributed by atoms with Crippen LogP contribution >= 0.6 is 12.6 Å². The van der Waals surface area contributed by atoms with E-state index in [1.807, 2.05) is 6.92 Å². The van der Waals surface area contributed by atoms with E-state index in [1.165, 1.54) is 6.26 Å². The molecule has 0 atom stereocenters. The second-order valence-electron chi connectivity index (χ2n) is 1.41. The van der Waals surface area contributed by atoms with Crippen LogP contribution in [-0.2, 0) is 9.53 Å². The van der Waals surface area contributed by atoms with Crippen molar-refractivity contribution in [2.24, 2.45) is 0 Å². The molecule has 0 saturated heterocycles. The quantitative estimate of drug-likeness (QED) is 0.446. The lowest BCUT2D eigenvalue weighted by atomic mass is 10.5. The first-order valence-electron chi connectivity index (χ1n) is 2.73. The van der Waals surface area contributed by atoms with E-state index in [4.69, 9.17) is 0 Å². The van der Waals surface area contributed by atoms with Crippen LogP contribution in [0.25, 0.3) is 0 Å². The van der Waals surface area contributed by atoms with Gasteiger partial charge in [-0.15, -0.1) is 0 Å². The van der Waals surface area contributed by atoms with E-state index in [0.29, 0.717) is 0 Å². The van der Waals surface area contributed by atoms with Crippen molar-refractivity contribution < 1.29 is 9.53 Å². The van der Waals surface area contributed by atoms with Gasteiger partial charge in [0.1, 0.15) is 5.75 Å². The van der Waals surface area contributed by atoms with Crippen LogP contribution in [0.2, 0.25) is 0 Å². The molecule has 0 amide bonds. The number of carbonyl (C=O) groups is 1. The van der Waals surface area contributed by atoms with E-state index < -0.39 is 0 Å². The van der Waals surface area contributed by atoms with Gasteiger partial charge in [0.2, 0.25) is 0 Å². The molecule has 0 saturated carbocycles. The molecule has 0 aliphatic rings. The van der Waals surface area contributed by atoms with Crippen molar-refractivity contribution in [1.82, 2.24) is 0 Å². The monoisotopic (exact) mass is 145 g/mol. The maximum Gasteiger partial charge on any atom is 0.321 e. The van der Waals surface area contributed by atoms with E-state index >= 15 is 0 Å². The highest BCUT2D eigenvalue weighted by Gasteiger charge is 1.92. The van der Waals surface area contributed by atoms with Crippen molar-refractivity contribution in [3.63, 3.8) is 0 Å². The summed E-state index contributed by atoms with van der Waals surface area (Å²) in [5, 5.41) is 0. The van der Waals surface area contributed by atoms with Crippen molar-refractivity contribution in [1.29, 1.82) is 0 Å². The van der Waals surface area contributed by atoms with Gasteiger partial charge in [0.15, 0.2) is 0 Å². The number of ether oxygens (including phenoxy) is 1. The van der Waals surface area contributed by atoms with Crippen molar-refractivity contribution >= 4 is 18.6 Å². The van der Waals surface area contributed by atoms with Gasteiger partial charge >= 0.3 is 5.97 Å². The molecule has 0 aromatic carbocycles. The first-order chi connectivity index (χ1) is 4.31. The highest BCUT2D eigenvalue weighted by molar-refractivity contribution is 7.81. The molecule has 0 aliphatic heterocycles. The fourth-order valence-electron chi connectivity index (χ4n) is 0.254. The van der Waals surface area contributed by atoms with Gasteiger partial charge in [0.05, 0.1) is 6.26 Å². The molecule has 2 nitrogen and oxygen atoms in total. The zero-order valence-corrected chi connectivity index (χ0v) is 6.11. The Bertz CT molecular complexity index is 110. The molecule has 0 rings (SSSR count). The molecule has 0 unspecified atom stereocenters. The molecule has 9 heavy (non-hydrogen) atoms. The Balaban J connectivity index is 3.26. The van der Waals surface area contributed by atoms with Gasteiger partial charge in [-0.2, -0.15) is 0 Å². The molecule has 0 bridgehead atoms. The third-order valence-electron chi connectivity index (χ3n) is 0.649. The van der Waals surface area contributed by atoms with Crippen LogP contribution in [0.15, 0.2) is 12.3 Å². The normalized spacial score (nSPS) is 10.0. The second-order valence-corrected chi connectivity index (χ2v) is 1.70. The molecule has 0 aromatic heterocycles. The van der Waals surface area contributed by atoms with Crippen LogP contribution in [0, 0.1) is 0 Å². The van der Waals surface area contributed by atoms with Crippen LogP contribution in [0.1, 0.15) is 13.3 Å². The molecule has 51 valence electrons. The van der Waals surface area contributed by atoms with E-state index in [-0.39, 0.29) is 11.7 Å². The summed E-state index contributed by atoms with van der Waals surface area (Å²) in [5.41, 5.74) is 0. The lowest BCUT2D eigenvalue weighted by Gasteiger charge is -1.90. The summed E-state index contributed by atoms with van der Waals surface area (Å²) < 4.78 is 4.51. The fraction of sp³-hybridized carbons (Fsp3) is 0.500. The molecule has 0 N–H and O–H groups in total. The first kappa shape index (κ1) is 8.56. The minimum Gasteiger partial charge on any atom is -0.434 e. The maximum absolute atomic E-state index is 10.3. The van der Waals surface area contributed by atoms with E-state index in [2.05, 4.69) is 17.4 Å². The number of hydrogen-bond donors (Lipinski definition) is 0. The molecule has 0 aliphatic carbocycles. The highest BCUT2D eigenvalue weighted by atomic mass is 32.1. The zero-order valence-electron chi connectivity index (χ0n) is 5.29. The lowest BCUT2D eigenvalue weighted by Crippen LogP contribution is -1.99. The molecule has 0 spiro atoms. The van der Waals surface area contributed by atoms with Crippen LogP contribution < -0.4 is 0 Å². The second kappa shape index (κ2) is 5.69. The number of hydrogen-bond acceptors (Lipinski definition) is 2. The first-order valence-corrected chi connectivity index (χ1v) is 3.31. The lowest BCUT2D eigenvalue weighted by molar-refractivity contribution is -0.134. The average Bonchev–Trinajstić information content (AvgIpc) is 1.89. The van der Waals surface area contributed by atoms with Crippen LogP contribution in [0.3, 0.4) is 0 Å². The highest BCUT2D eigenvalue weighted by Crippen LogP contribution is 1.85. The summed E-state index contributed by atoms with van der Waals surface area (Å²) in [6, 6.07) is 0. The van der Waals surface area contributed by atoms with Gasteiger partial charge < -0.3 is 4.74 Å². The van der Waals surface area contributed by atoms with Crippen LogP contribution in [-0.4, -0.2) is 11.7 Å². The molecular formula is C6H9O2S. The van der Waals surface area contributed by atoms with Crippen molar-refractivity contribution in [3.05, 3.63) is 12.3 Å². The maximum atomic E-state index is 10.3. The summed E-state index contributed by atoms with van der Waals surface area (Å²) in [6.07, 6.45) is 3.99. The summed E-state index contributed by atoms with van der Waals surface area (Å²) in [5.74, 6) is -0.344. The van der Waals surface area contributed by atoms with Crippen LogP contribution in [0.4, 0.5) is 0 Å². The van der Waals surface area contributed by atoms with E-state index in [0.717, 1.165) is 6.42 Å². The SMILES string of the molecule is CC/C=C/OC(=O)C[S]. The molecule has 1 radical (unpaired) electrons. The topological polar surface area (TPSA) is 26.3 Å². The molecular weight excluding hydrogens is 136 g/mol. The molecule has 0 aromatic rings. The minimum absolute atomic E-state index is 0.0219.